The van der Waals surface area contributed by atoms with Gasteiger partial charge in [0.25, 0.3) is 0 Å². The summed E-state index contributed by atoms with van der Waals surface area (Å²) < 4.78 is 9.96. The van der Waals surface area contributed by atoms with Gasteiger partial charge in [0.05, 0.1) is 13.7 Å². The van der Waals surface area contributed by atoms with Crippen molar-refractivity contribution in [1.29, 1.82) is 0 Å². The van der Waals surface area contributed by atoms with Crippen LogP contribution in [0.4, 0.5) is 0 Å². The van der Waals surface area contributed by atoms with Crippen LogP contribution < -0.4 is 0 Å². The minimum absolute atomic E-state index is 0.265. The van der Waals surface area contributed by atoms with Gasteiger partial charge >= 0.3 is 5.97 Å². The van der Waals surface area contributed by atoms with Crippen LogP contribution in [-0.4, -0.2) is 62.3 Å². The van der Waals surface area contributed by atoms with Crippen molar-refractivity contribution < 1.29 is 14.3 Å². The zero-order chi connectivity index (χ0) is 10.4. The van der Waals surface area contributed by atoms with Crippen LogP contribution in [-0.2, 0) is 14.3 Å². The van der Waals surface area contributed by atoms with E-state index in [0.717, 1.165) is 18.8 Å². The summed E-state index contributed by atoms with van der Waals surface area (Å²) in [6.07, 6.45) is 1.69. The maximum Gasteiger partial charge on any atom is 0.336 e. The van der Waals surface area contributed by atoms with Crippen LogP contribution >= 0.6 is 11.8 Å². The van der Waals surface area contributed by atoms with E-state index >= 15 is 0 Å². The molecule has 5 heteroatoms. The number of carbonyl (C=O) groups is 1. The lowest BCUT2D eigenvalue weighted by Crippen LogP contribution is -2.47. The van der Waals surface area contributed by atoms with E-state index < -0.39 is 6.10 Å². The number of ether oxygens (including phenoxy) is 2. The second-order valence-electron chi connectivity index (χ2n) is 3.18. The fourth-order valence-electron chi connectivity index (χ4n) is 1.40. The van der Waals surface area contributed by atoms with Crippen molar-refractivity contribution in [2.75, 3.05) is 45.4 Å². The molecular weight excluding hydrogens is 202 g/mol. The van der Waals surface area contributed by atoms with Gasteiger partial charge in [0.2, 0.25) is 0 Å². The molecule has 1 heterocycles. The quantitative estimate of drug-likeness (QED) is 0.633. The molecule has 1 aliphatic heterocycles. The van der Waals surface area contributed by atoms with Gasteiger partial charge in [0.1, 0.15) is 0 Å². The molecule has 0 aromatic carbocycles. The highest BCUT2D eigenvalue weighted by molar-refractivity contribution is 7.98. The number of rotatable bonds is 4. The number of nitrogens with zero attached hydrogens (tertiary/aromatic N) is 1. The SMILES string of the molecule is COC(=O)C1CN(CCSC)CCO1. The Labute approximate surface area is 88.9 Å². The fourth-order valence-corrected chi connectivity index (χ4v) is 1.84. The van der Waals surface area contributed by atoms with Gasteiger partial charge in [-0.1, -0.05) is 0 Å². The summed E-state index contributed by atoms with van der Waals surface area (Å²) in [4.78, 5) is 13.4. The predicted molar refractivity (Wildman–Crippen MR) is 56.6 cm³/mol. The molecule has 0 aliphatic carbocycles. The smallest absolute Gasteiger partial charge is 0.336 e. The van der Waals surface area contributed by atoms with Crippen LogP contribution in [0.15, 0.2) is 0 Å². The molecule has 1 atom stereocenters. The van der Waals surface area contributed by atoms with Gasteiger partial charge in [-0.25, -0.2) is 4.79 Å². The van der Waals surface area contributed by atoms with E-state index in [4.69, 9.17) is 4.74 Å². The number of hydrogen-bond donors (Lipinski definition) is 0. The molecule has 1 aliphatic rings. The Morgan fingerprint density at radius 2 is 2.50 bits per heavy atom. The Hall–Kier alpha value is -0.260. The van der Waals surface area contributed by atoms with Gasteiger partial charge in [-0.05, 0) is 6.26 Å². The number of thioether (sulfide) groups is 1. The van der Waals surface area contributed by atoms with E-state index in [9.17, 15) is 4.79 Å². The monoisotopic (exact) mass is 219 g/mol. The predicted octanol–water partition coefficient (Wildman–Crippen LogP) is 0.223. The summed E-state index contributed by atoms with van der Waals surface area (Å²) in [5.41, 5.74) is 0. The Kier molecular flexibility index (Phi) is 5.29. The lowest BCUT2D eigenvalue weighted by atomic mass is 10.3. The minimum Gasteiger partial charge on any atom is -0.467 e. The Morgan fingerprint density at radius 3 is 3.14 bits per heavy atom. The number of esters is 1. The first-order chi connectivity index (χ1) is 6.77. The van der Waals surface area contributed by atoms with Crippen molar-refractivity contribution >= 4 is 17.7 Å². The van der Waals surface area contributed by atoms with Gasteiger partial charge < -0.3 is 9.47 Å². The molecular formula is C9H17NO3S. The average Bonchev–Trinajstić information content (AvgIpc) is 2.25. The van der Waals surface area contributed by atoms with E-state index in [2.05, 4.69) is 15.9 Å². The third kappa shape index (κ3) is 3.48. The third-order valence-electron chi connectivity index (χ3n) is 2.23. The van der Waals surface area contributed by atoms with Gasteiger partial charge in [-0.3, -0.25) is 4.90 Å². The summed E-state index contributed by atoms with van der Waals surface area (Å²) in [5.74, 6) is 0.826. The first-order valence-electron chi connectivity index (χ1n) is 4.68. The van der Waals surface area contributed by atoms with E-state index in [1.807, 2.05) is 11.8 Å². The van der Waals surface area contributed by atoms with Crippen LogP contribution in [0.3, 0.4) is 0 Å². The van der Waals surface area contributed by atoms with Crippen LogP contribution in [0.5, 0.6) is 0 Å². The largest absolute Gasteiger partial charge is 0.467 e. The van der Waals surface area contributed by atoms with E-state index in [1.54, 1.807) is 0 Å². The Bertz CT molecular complexity index is 189. The molecule has 0 amide bonds. The summed E-state index contributed by atoms with van der Waals surface area (Å²) in [5, 5.41) is 0. The van der Waals surface area contributed by atoms with Crippen molar-refractivity contribution in [1.82, 2.24) is 4.90 Å². The van der Waals surface area contributed by atoms with Gasteiger partial charge in [0, 0.05) is 25.4 Å². The number of methoxy groups -OCH3 is 1. The molecule has 0 bridgehead atoms. The van der Waals surface area contributed by atoms with Crippen molar-refractivity contribution in [3.8, 4) is 0 Å². The number of morpholine rings is 1. The molecule has 0 aromatic rings. The molecule has 0 radical (unpaired) electrons. The van der Waals surface area contributed by atoms with Crippen LogP contribution in [0.2, 0.25) is 0 Å². The number of hydrogen-bond acceptors (Lipinski definition) is 5. The van der Waals surface area contributed by atoms with Crippen LogP contribution in [0.25, 0.3) is 0 Å². The van der Waals surface area contributed by atoms with Gasteiger partial charge in [-0.2, -0.15) is 11.8 Å². The first-order valence-corrected chi connectivity index (χ1v) is 6.08. The molecule has 4 nitrogen and oxygen atoms in total. The summed E-state index contributed by atoms with van der Waals surface area (Å²) in [7, 11) is 1.40. The number of carbonyl (C=O) groups excluding carboxylic acids is 1. The normalized spacial score (nSPS) is 23.4. The Balaban J connectivity index is 2.31. The minimum atomic E-state index is -0.393. The van der Waals surface area contributed by atoms with Crippen molar-refractivity contribution in [3.63, 3.8) is 0 Å². The maximum atomic E-state index is 11.2. The maximum absolute atomic E-state index is 11.2. The van der Waals surface area contributed by atoms with E-state index in [0.29, 0.717) is 13.2 Å². The molecule has 1 rings (SSSR count). The van der Waals surface area contributed by atoms with Crippen molar-refractivity contribution in [2.24, 2.45) is 0 Å². The molecule has 1 unspecified atom stereocenters. The summed E-state index contributed by atoms with van der Waals surface area (Å²) in [6, 6.07) is 0. The highest BCUT2D eigenvalue weighted by atomic mass is 32.2. The van der Waals surface area contributed by atoms with E-state index in [-0.39, 0.29) is 5.97 Å². The van der Waals surface area contributed by atoms with Gasteiger partial charge in [-0.15, -0.1) is 0 Å². The van der Waals surface area contributed by atoms with Crippen LogP contribution in [0.1, 0.15) is 0 Å². The summed E-state index contributed by atoms with van der Waals surface area (Å²) >= 11 is 1.81. The highest BCUT2D eigenvalue weighted by Gasteiger charge is 2.26. The summed E-state index contributed by atoms with van der Waals surface area (Å²) in [6.45, 7) is 3.20. The van der Waals surface area contributed by atoms with Crippen LogP contribution in [0, 0.1) is 0 Å². The second-order valence-corrected chi connectivity index (χ2v) is 4.16. The average molecular weight is 219 g/mol. The topological polar surface area (TPSA) is 38.8 Å². The standard InChI is InChI=1S/C9H17NO3S/c1-12-9(11)8-7-10(3-5-13-8)4-6-14-2/h8H,3-7H2,1-2H3. The van der Waals surface area contributed by atoms with E-state index in [1.165, 1.54) is 7.11 Å². The molecule has 1 saturated heterocycles. The molecule has 0 saturated carbocycles. The third-order valence-corrected chi connectivity index (χ3v) is 2.82. The first kappa shape index (κ1) is 11.8. The molecule has 82 valence electrons. The lowest BCUT2D eigenvalue weighted by molar-refractivity contribution is -0.159. The molecule has 0 N–H and O–H groups in total. The molecule has 0 aromatic heterocycles. The second kappa shape index (κ2) is 6.27. The van der Waals surface area contributed by atoms with Crippen molar-refractivity contribution in [3.05, 3.63) is 0 Å². The molecule has 14 heavy (non-hydrogen) atoms. The Morgan fingerprint density at radius 1 is 1.71 bits per heavy atom. The van der Waals surface area contributed by atoms with Crippen molar-refractivity contribution in [2.45, 2.75) is 6.10 Å². The van der Waals surface area contributed by atoms with Gasteiger partial charge in [0.15, 0.2) is 6.10 Å². The zero-order valence-corrected chi connectivity index (χ0v) is 9.51. The lowest BCUT2D eigenvalue weighted by Gasteiger charge is -2.31. The zero-order valence-electron chi connectivity index (χ0n) is 8.69. The molecule has 1 fully saturated rings. The fraction of sp³-hybridized carbons (Fsp3) is 0.889. The molecule has 0 spiro atoms. The highest BCUT2D eigenvalue weighted by Crippen LogP contribution is 2.07.